The molecule has 0 spiro atoms. The van der Waals surface area contributed by atoms with E-state index in [1.165, 1.54) is 88.4 Å². The van der Waals surface area contributed by atoms with Gasteiger partial charge in [-0.05, 0) is 149 Å². The van der Waals surface area contributed by atoms with E-state index >= 15 is 0 Å². The predicted molar refractivity (Wildman–Crippen MR) is 438 cm³/mol. The first kappa shape index (κ1) is 78.4. The Morgan fingerprint density at radius 1 is 0.272 bits per heavy atom. The summed E-state index contributed by atoms with van der Waals surface area (Å²) in [7, 11) is 0. The van der Waals surface area contributed by atoms with Gasteiger partial charge in [-0.15, -0.1) is 0 Å². The topological polar surface area (TPSA) is 348 Å². The molecule has 12 N–H and O–H groups in total. The molecule has 0 saturated carbocycles. The standard InChI is InChI=1S/C22H16N2O3.5C14H14N2O.H2N2.H2/c25-21-17-6-1-2-7-18(17)22(26)24(21)12-20-16-9-3-8-15(19(16)13-27-20)14-5-4-10-23-11-14;5*15-7-14-12-5-1-4-11(13(12)9-17-14)10-3-2-6-16-8-10;1-2;/h1-11,20H,12-13H2;5*1-6,8,14H,7,9,15H2;1-2H;1H/t;4*14-;;;/m.1100.../s1. The van der Waals surface area contributed by atoms with Crippen molar-refractivity contribution >= 4 is 11.8 Å². The van der Waals surface area contributed by atoms with Crippen molar-refractivity contribution in [3.63, 3.8) is 0 Å². The quantitative estimate of drug-likeness (QED) is 0.0416. The monoisotopic (exact) mass is 1520 g/mol. The van der Waals surface area contributed by atoms with Crippen LogP contribution in [0.4, 0.5) is 0 Å². The average Bonchev–Trinajstić information content (AvgIpc) is 1.62. The summed E-state index contributed by atoms with van der Waals surface area (Å²) in [6.07, 6.45) is 21.8. The number of benzene rings is 7. The third-order valence-electron chi connectivity index (χ3n) is 21.1. The van der Waals surface area contributed by atoms with Crippen LogP contribution in [0.15, 0.2) is 281 Å². The van der Waals surface area contributed by atoms with Crippen molar-refractivity contribution in [2.24, 2.45) is 28.7 Å². The highest BCUT2D eigenvalue weighted by Crippen LogP contribution is 2.43. The average molecular weight is 1520 g/mol. The first-order valence-electron chi connectivity index (χ1n) is 37.8. The second-order valence-corrected chi connectivity index (χ2v) is 27.4. The van der Waals surface area contributed by atoms with Gasteiger partial charge in [0.25, 0.3) is 11.8 Å². The van der Waals surface area contributed by atoms with Crippen molar-refractivity contribution in [2.45, 2.75) is 76.3 Å². The van der Waals surface area contributed by atoms with Crippen LogP contribution in [0.1, 0.15) is 126 Å². The maximum absolute atomic E-state index is 12.6. The van der Waals surface area contributed by atoms with Gasteiger partial charge in [0.1, 0.15) is 6.10 Å². The van der Waals surface area contributed by atoms with E-state index in [2.05, 4.69) is 151 Å². The zero-order valence-electron chi connectivity index (χ0n) is 62.8. The lowest BCUT2D eigenvalue weighted by atomic mass is 9.96. The van der Waals surface area contributed by atoms with Gasteiger partial charge in [0, 0.05) is 142 Å². The fraction of sp³-hybridized carbons (Fsp3) is 0.196. The van der Waals surface area contributed by atoms with Crippen LogP contribution in [-0.2, 0) is 68.1 Å². The Balaban J connectivity index is 0.000000121. The summed E-state index contributed by atoms with van der Waals surface area (Å²) in [6, 6.07) is 68.3. The number of nitrogens with two attached hydrogens (primary N) is 5. The summed E-state index contributed by atoms with van der Waals surface area (Å²) in [5.74, 6) is -0.507. The fourth-order valence-corrected chi connectivity index (χ4v) is 15.5. The van der Waals surface area contributed by atoms with Gasteiger partial charge < -0.3 is 57.1 Å². The summed E-state index contributed by atoms with van der Waals surface area (Å²) in [5.41, 5.74) is 67.6. The van der Waals surface area contributed by atoms with Gasteiger partial charge in [-0.3, -0.25) is 44.4 Å². The molecular formula is C92H90N14O8. The lowest BCUT2D eigenvalue weighted by Crippen LogP contribution is -2.33. The van der Waals surface area contributed by atoms with Crippen LogP contribution in [0.25, 0.3) is 66.8 Å². The highest BCUT2D eigenvalue weighted by atomic mass is 16.5. The Kier molecular flexibility index (Phi) is 26.0. The number of nitrogens with one attached hydrogen (secondary N) is 2. The number of aromatic nitrogens is 6. The second kappa shape index (κ2) is 37.8. The van der Waals surface area contributed by atoms with Crippen LogP contribution in [0.3, 0.4) is 0 Å². The molecule has 7 aliphatic heterocycles. The largest absolute Gasteiger partial charge is 0.367 e. The van der Waals surface area contributed by atoms with Gasteiger partial charge in [-0.25, -0.2) is 11.1 Å². The highest BCUT2D eigenvalue weighted by molar-refractivity contribution is 6.21. The van der Waals surface area contributed by atoms with Crippen LogP contribution in [0.2, 0.25) is 0 Å². The lowest BCUT2D eigenvalue weighted by molar-refractivity contribution is 0.0314. The smallest absolute Gasteiger partial charge is 0.261 e. The fourth-order valence-electron chi connectivity index (χ4n) is 15.5. The van der Waals surface area contributed by atoms with Crippen molar-refractivity contribution in [1.82, 2.24) is 34.8 Å². The summed E-state index contributed by atoms with van der Waals surface area (Å²) in [6.45, 7) is 6.53. The number of rotatable bonds is 13. The second-order valence-electron chi connectivity index (χ2n) is 27.4. The third-order valence-corrected chi connectivity index (χ3v) is 21.1. The molecule has 20 rings (SSSR count). The van der Waals surface area contributed by atoms with Crippen LogP contribution in [0, 0.1) is 11.1 Å². The van der Waals surface area contributed by atoms with Gasteiger partial charge in [-0.1, -0.05) is 158 Å². The molecule has 13 heterocycles. The molecule has 22 nitrogen and oxygen atoms in total. The Morgan fingerprint density at radius 2 is 0.465 bits per heavy atom. The van der Waals surface area contributed by atoms with Crippen LogP contribution >= 0.6 is 0 Å². The summed E-state index contributed by atoms with van der Waals surface area (Å²) in [4.78, 5) is 51.6. The minimum atomic E-state index is -0.321. The number of amides is 2. The molecule has 2 unspecified atom stereocenters. The van der Waals surface area contributed by atoms with Crippen molar-refractivity contribution in [3.05, 3.63) is 359 Å². The van der Waals surface area contributed by atoms with E-state index in [9.17, 15) is 9.59 Å². The zero-order valence-corrected chi connectivity index (χ0v) is 62.8. The summed E-state index contributed by atoms with van der Waals surface area (Å²) >= 11 is 0. The molecule has 0 fully saturated rings. The maximum Gasteiger partial charge on any atom is 0.261 e. The number of carbonyl (C=O) groups is 2. The Hall–Kier alpha value is -12.3. The van der Waals surface area contributed by atoms with E-state index in [-0.39, 0.29) is 56.4 Å². The molecule has 0 radical (unpaired) electrons. The van der Waals surface area contributed by atoms with E-state index in [1.807, 2.05) is 97.8 Å². The summed E-state index contributed by atoms with van der Waals surface area (Å²) in [5, 5.41) is 0. The molecule has 0 saturated heterocycles. The maximum atomic E-state index is 12.6. The first-order valence-corrected chi connectivity index (χ1v) is 37.8. The number of pyridine rings is 6. The van der Waals surface area contributed by atoms with Crippen molar-refractivity contribution in [3.8, 4) is 66.8 Å². The van der Waals surface area contributed by atoms with Gasteiger partial charge in [0.05, 0.1) is 87.8 Å². The van der Waals surface area contributed by atoms with Crippen molar-refractivity contribution < 1.29 is 39.4 Å². The Morgan fingerprint density at radius 3 is 0.658 bits per heavy atom. The number of nitrogens with zero attached hydrogens (tertiary/aromatic N) is 7. The van der Waals surface area contributed by atoms with Crippen LogP contribution < -0.4 is 28.7 Å². The van der Waals surface area contributed by atoms with E-state index < -0.39 is 0 Å². The van der Waals surface area contributed by atoms with Gasteiger partial charge >= 0.3 is 0 Å². The van der Waals surface area contributed by atoms with Gasteiger partial charge in [0.15, 0.2) is 0 Å². The molecule has 7 aliphatic rings. The normalized spacial score (nSPS) is 17.7. The zero-order chi connectivity index (χ0) is 78.7. The number of imide groups is 1. The van der Waals surface area contributed by atoms with E-state index in [0.29, 0.717) is 83.5 Å². The highest BCUT2D eigenvalue weighted by Gasteiger charge is 2.39. The summed E-state index contributed by atoms with van der Waals surface area (Å²) < 4.78 is 34.4. The van der Waals surface area contributed by atoms with Crippen molar-refractivity contribution in [1.29, 1.82) is 11.1 Å². The molecule has 6 atom stereocenters. The SMILES string of the molecule is N=N.NCC1OCc2c(-c3cccnc3)cccc21.NC[C@@H]1OCc2c(-c3cccnc3)cccc21.NC[C@@H]1OCc2c(-c3cccnc3)cccc21.NC[C@H]1OCc2c(-c3cccnc3)cccc21.NC[C@H]1OCc2c(-c3cccnc3)cccc21.O=C1c2ccccc2C(=O)N1CC1OCc2c(-c3cccnc3)cccc21.[HH]. The minimum absolute atomic E-state index is 0. The molecule has 22 heteroatoms. The molecule has 0 bridgehead atoms. The Labute approximate surface area is 663 Å². The molecule has 576 valence electrons. The lowest BCUT2D eigenvalue weighted by Gasteiger charge is -2.19. The van der Waals surface area contributed by atoms with E-state index in [0.717, 1.165) is 50.1 Å². The number of hydrogen-bond acceptors (Lipinski definition) is 21. The number of fused-ring (bicyclic) bond motifs is 7. The van der Waals surface area contributed by atoms with Gasteiger partial charge in [0.2, 0.25) is 0 Å². The number of hydrogen-bond donors (Lipinski definition) is 7. The number of carbonyl (C=O) groups excluding carboxylic acids is 2. The molecule has 0 aliphatic carbocycles. The molecular weight excluding hydrogens is 1430 g/mol. The molecule has 7 aromatic carbocycles. The molecule has 6 aromatic heterocycles. The van der Waals surface area contributed by atoms with Crippen LogP contribution in [0.5, 0.6) is 0 Å². The Bertz CT molecular complexity index is 4810. The molecule has 13 aromatic rings. The predicted octanol–water partition coefficient (Wildman–Crippen LogP) is 15.9. The van der Waals surface area contributed by atoms with Crippen molar-refractivity contribution in [2.75, 3.05) is 39.3 Å². The van der Waals surface area contributed by atoms with E-state index in [4.69, 9.17) is 68.2 Å². The number of ether oxygens (including phenoxy) is 6. The van der Waals surface area contributed by atoms with Crippen LogP contribution in [-0.4, -0.2) is 85.9 Å². The molecule has 114 heavy (non-hydrogen) atoms. The van der Waals surface area contributed by atoms with E-state index in [1.54, 1.807) is 61.4 Å². The molecule has 2 amide bonds. The third kappa shape index (κ3) is 17.1. The van der Waals surface area contributed by atoms with Gasteiger partial charge in [-0.2, -0.15) is 0 Å². The first-order chi connectivity index (χ1) is 56.2. The minimum Gasteiger partial charge on any atom is -0.367 e.